The summed E-state index contributed by atoms with van der Waals surface area (Å²) in [5.41, 5.74) is -0.281. The number of esters is 1. The fourth-order valence-electron chi connectivity index (χ4n) is 11.2. The summed E-state index contributed by atoms with van der Waals surface area (Å²) in [6, 6.07) is 6.98. The van der Waals surface area contributed by atoms with Gasteiger partial charge in [-0.05, 0) is 106 Å². The van der Waals surface area contributed by atoms with Gasteiger partial charge in [-0.1, -0.05) is 56.7 Å². The first-order chi connectivity index (χ1) is 33.8. The number of ether oxygens (including phenoxy) is 6. The zero-order valence-electron chi connectivity index (χ0n) is 45.0. The normalized spacial score (nSPS) is 39.0. The van der Waals surface area contributed by atoms with Gasteiger partial charge >= 0.3 is 5.97 Å². The van der Waals surface area contributed by atoms with Crippen molar-refractivity contribution in [3.05, 3.63) is 36.0 Å². The molecule has 5 rings (SSSR count). The summed E-state index contributed by atoms with van der Waals surface area (Å²) in [4.78, 5) is 29.8. The van der Waals surface area contributed by atoms with Crippen LogP contribution in [0, 0.1) is 17.8 Å². The fourth-order valence-corrected chi connectivity index (χ4v) is 11.2. The van der Waals surface area contributed by atoms with E-state index in [0.717, 1.165) is 29.7 Å². The third-order valence-electron chi connectivity index (χ3n) is 15.7. The van der Waals surface area contributed by atoms with Crippen molar-refractivity contribution in [3.8, 4) is 11.3 Å². The van der Waals surface area contributed by atoms with Crippen LogP contribution in [0.25, 0.3) is 11.3 Å². The lowest BCUT2D eigenvalue weighted by Gasteiger charge is -2.49. The number of cyclic esters (lactones) is 1. The molecule has 4 heterocycles. The molecule has 1 aromatic heterocycles. The van der Waals surface area contributed by atoms with Crippen LogP contribution in [0.15, 0.2) is 30.5 Å². The molecule has 1 amide bonds. The van der Waals surface area contributed by atoms with Gasteiger partial charge in [-0.15, -0.1) is 5.10 Å². The summed E-state index contributed by atoms with van der Waals surface area (Å²) in [5.74, 6) is -3.20. The molecule has 0 unspecified atom stereocenters. The topological polar surface area (TPSA) is 260 Å². The number of hydrogen-bond acceptors (Lipinski definition) is 18. The average molecular weight is 1020 g/mol. The Morgan fingerprint density at radius 1 is 0.958 bits per heavy atom. The van der Waals surface area contributed by atoms with Crippen molar-refractivity contribution < 1.29 is 68.8 Å². The number of methoxy groups -OCH3 is 1. The van der Waals surface area contributed by atoms with E-state index < -0.39 is 108 Å². The van der Waals surface area contributed by atoms with Gasteiger partial charge in [-0.3, -0.25) is 24.4 Å². The lowest BCUT2D eigenvalue weighted by atomic mass is 9.77. The molecule has 3 aliphatic rings. The maximum absolute atomic E-state index is 14.5. The van der Waals surface area contributed by atoms with Crippen LogP contribution in [0.1, 0.15) is 126 Å². The van der Waals surface area contributed by atoms with Gasteiger partial charge < -0.3 is 58.9 Å². The summed E-state index contributed by atoms with van der Waals surface area (Å²) < 4.78 is 40.1. The highest BCUT2D eigenvalue weighted by atomic mass is 16.7. The predicted molar refractivity (Wildman–Crippen MR) is 266 cm³/mol. The van der Waals surface area contributed by atoms with Crippen molar-refractivity contribution in [1.82, 2.24) is 30.3 Å². The fraction of sp³-hybridized carbons (Fsp3) is 0.808. The second-order valence-electron chi connectivity index (χ2n) is 22.0. The minimum Gasteiger partial charge on any atom is -0.459 e. The van der Waals surface area contributed by atoms with Gasteiger partial charge in [0.2, 0.25) is 5.91 Å². The summed E-state index contributed by atoms with van der Waals surface area (Å²) in [5, 5.41) is 77.1. The van der Waals surface area contributed by atoms with Gasteiger partial charge in [0.25, 0.3) is 0 Å². The quantitative estimate of drug-likeness (QED) is 0.0546. The van der Waals surface area contributed by atoms with Crippen molar-refractivity contribution in [2.75, 3.05) is 27.7 Å². The zero-order valence-corrected chi connectivity index (χ0v) is 45.0. The van der Waals surface area contributed by atoms with Crippen molar-refractivity contribution in [1.29, 1.82) is 0 Å². The molecule has 0 aliphatic carbocycles. The van der Waals surface area contributed by atoms with E-state index in [1.165, 1.54) is 14.0 Å². The van der Waals surface area contributed by atoms with Crippen molar-refractivity contribution >= 4 is 11.9 Å². The molecule has 18 atom stereocenters. The summed E-state index contributed by atoms with van der Waals surface area (Å²) in [6.45, 7) is 19.1. The van der Waals surface area contributed by atoms with Crippen LogP contribution >= 0.6 is 0 Å². The first-order valence-corrected chi connectivity index (χ1v) is 26.0. The molecule has 0 spiro atoms. The highest BCUT2D eigenvalue weighted by molar-refractivity contribution is 5.74. The monoisotopic (exact) mass is 1020 g/mol. The summed E-state index contributed by atoms with van der Waals surface area (Å²) in [7, 11) is 5.27. The number of carbonyl (C=O) groups excluding carboxylic acids is 2. The van der Waals surface area contributed by atoms with Crippen molar-refractivity contribution in [2.45, 2.75) is 224 Å². The second-order valence-corrected chi connectivity index (χ2v) is 22.0. The minimum atomic E-state index is -1.84. The van der Waals surface area contributed by atoms with Gasteiger partial charge in [0.15, 0.2) is 12.6 Å². The maximum atomic E-state index is 14.5. The summed E-state index contributed by atoms with van der Waals surface area (Å²) in [6.07, 6.45) is -4.71. The Bertz CT molecular complexity index is 2010. The van der Waals surface area contributed by atoms with Crippen LogP contribution in [0.4, 0.5) is 0 Å². The van der Waals surface area contributed by atoms with Crippen LogP contribution in [0.5, 0.6) is 0 Å². The van der Waals surface area contributed by atoms with Crippen molar-refractivity contribution in [2.24, 2.45) is 17.8 Å². The number of aliphatic hydroxyl groups excluding tert-OH is 3. The Hall–Kier alpha value is -3.22. The van der Waals surface area contributed by atoms with E-state index in [1.54, 1.807) is 51.7 Å². The van der Waals surface area contributed by atoms with Crippen LogP contribution in [0.2, 0.25) is 0 Å². The predicted octanol–water partition coefficient (Wildman–Crippen LogP) is 3.80. The Labute approximate surface area is 426 Å². The Morgan fingerprint density at radius 2 is 1.64 bits per heavy atom. The van der Waals surface area contributed by atoms with E-state index >= 15 is 0 Å². The van der Waals surface area contributed by atoms with Crippen LogP contribution in [0.3, 0.4) is 0 Å². The molecular weight excluding hydrogens is 933 g/mol. The second kappa shape index (κ2) is 25.5. The lowest BCUT2D eigenvalue weighted by molar-refractivity contribution is -0.318. The number of aromatic nitrogens is 3. The Kier molecular flexibility index (Phi) is 21.2. The SMILES string of the molecule is CC[C@H]1OC(=O)[C@H](C)[C@@H](O[C@H]2C[C@@](C)(OC)[C@@H](O)[C@H](C)O2)[C@H](C)[C@@H](O[C@@H]2O[C@H](C)C[C@H](N(C)Cc3ccc(-c4cn(CCCCCC(=O)NO)nn4)cc3)[C@H]2O)[C@](C)(O)C[C@@H](C)CN(C)[C@H](C)[C@@H](O)[C@]1(C)O. The number of hydroxylamine groups is 1. The van der Waals surface area contributed by atoms with E-state index in [4.69, 9.17) is 33.6 Å². The van der Waals surface area contributed by atoms with Gasteiger partial charge in [0.05, 0.1) is 47.7 Å². The standard InChI is InChI=1S/C52H88N6O14/c1-14-40-52(10,65)45(61)34(6)56(11)27-30(2)25-50(8,64)47(32(4)44(33(5)48(63)70-40)71-42-26-51(9,67-13)46(62)35(7)69-42)72-49-43(60)39(24-31(3)68-49)57(12)28-36-19-21-37(22-20-36)38-29-58(55-53-38)23-17-15-16-18-41(59)54-66/h19-22,29-35,39-40,42-47,49,60-62,64-66H,14-18,23-28H2,1-13H3,(H,54,59)/t30-,31-,32+,33-,34-,35+,39+,40-,42+,43-,44+,45-,46+,47-,49+,50-,51-,52-/m1/s1. The number of benzene rings is 1. The number of nitrogens with zero attached hydrogens (tertiary/aromatic N) is 5. The largest absolute Gasteiger partial charge is 0.459 e. The van der Waals surface area contributed by atoms with E-state index in [9.17, 15) is 35.1 Å². The van der Waals surface area contributed by atoms with Gasteiger partial charge in [0, 0.05) is 63.2 Å². The first kappa shape index (κ1) is 59.7. The number of unbranched alkanes of at least 4 members (excludes halogenated alkanes) is 2. The highest BCUT2D eigenvalue weighted by Crippen LogP contribution is 2.40. The smallest absolute Gasteiger partial charge is 0.311 e. The number of likely N-dealkylation sites (N-methyl/N-ethyl adjacent to an activating group) is 2. The molecule has 20 nitrogen and oxygen atoms in total. The van der Waals surface area contributed by atoms with Crippen LogP contribution < -0.4 is 5.48 Å². The molecule has 1 aromatic carbocycles. The first-order valence-electron chi connectivity index (χ1n) is 26.0. The number of aryl methyl sites for hydroxylation is 1. The molecule has 0 bridgehead atoms. The van der Waals surface area contributed by atoms with Crippen LogP contribution in [-0.2, 0) is 51.1 Å². The van der Waals surface area contributed by atoms with Gasteiger partial charge in [-0.25, -0.2) is 5.48 Å². The number of amides is 1. The number of rotatable bonds is 16. The van der Waals surface area contributed by atoms with E-state index in [1.807, 2.05) is 70.2 Å². The number of hydrogen-bond donors (Lipinski definition) is 7. The molecule has 20 heteroatoms. The average Bonchev–Trinajstić information content (AvgIpc) is 3.81. The molecule has 2 aromatic rings. The van der Waals surface area contributed by atoms with Gasteiger partial charge in [-0.2, -0.15) is 0 Å². The molecule has 3 aliphatic heterocycles. The third-order valence-corrected chi connectivity index (χ3v) is 15.7. The van der Waals surface area contributed by atoms with E-state index in [-0.39, 0.29) is 37.7 Å². The lowest BCUT2D eigenvalue weighted by Crippen LogP contribution is -2.60. The third kappa shape index (κ3) is 14.6. The Morgan fingerprint density at radius 3 is 2.28 bits per heavy atom. The molecule has 3 fully saturated rings. The van der Waals surface area contributed by atoms with E-state index in [0.29, 0.717) is 32.5 Å². The molecule has 410 valence electrons. The Balaban J connectivity index is 1.41. The number of aliphatic hydroxyl groups is 5. The number of nitrogens with one attached hydrogen (secondary N) is 1. The molecule has 72 heavy (non-hydrogen) atoms. The highest BCUT2D eigenvalue weighted by Gasteiger charge is 2.53. The van der Waals surface area contributed by atoms with Crippen molar-refractivity contribution in [3.63, 3.8) is 0 Å². The molecule has 3 saturated heterocycles. The maximum Gasteiger partial charge on any atom is 0.311 e. The zero-order chi connectivity index (χ0) is 53.5. The summed E-state index contributed by atoms with van der Waals surface area (Å²) >= 11 is 0. The molecule has 0 radical (unpaired) electrons. The minimum absolute atomic E-state index is 0.0970. The molecular formula is C52H88N6O14. The van der Waals surface area contributed by atoms with Crippen LogP contribution in [-0.4, -0.2) is 185 Å². The van der Waals surface area contributed by atoms with Gasteiger partial charge in [0.1, 0.15) is 35.7 Å². The molecule has 0 saturated carbocycles. The van der Waals surface area contributed by atoms with E-state index in [2.05, 4.69) is 15.2 Å². The number of carbonyl (C=O) groups is 2. The molecule has 7 N–H and O–H groups in total.